The number of aromatic nitrogens is 2. The SMILES string of the molecule is Cc1noc(C2=CCCN(C)C2)n1.O=C(O)C(=O)O. The first-order valence-corrected chi connectivity index (χ1v) is 5.54. The van der Waals surface area contributed by atoms with E-state index >= 15 is 0 Å². The van der Waals surface area contributed by atoms with Gasteiger partial charge in [-0.2, -0.15) is 4.98 Å². The molecule has 0 unspecified atom stereocenters. The van der Waals surface area contributed by atoms with Gasteiger partial charge in [-0.15, -0.1) is 0 Å². The summed E-state index contributed by atoms with van der Waals surface area (Å²) in [6.45, 7) is 3.85. The Bertz CT molecular complexity index is 482. The molecular formula is C11H15N3O5. The largest absolute Gasteiger partial charge is 0.473 e. The van der Waals surface area contributed by atoms with Crippen LogP contribution in [0.1, 0.15) is 18.1 Å². The average molecular weight is 269 g/mol. The van der Waals surface area contributed by atoms with Crippen LogP contribution < -0.4 is 0 Å². The molecular weight excluding hydrogens is 254 g/mol. The van der Waals surface area contributed by atoms with E-state index in [-0.39, 0.29) is 0 Å². The third-order valence-electron chi connectivity index (χ3n) is 2.33. The Labute approximate surface area is 109 Å². The lowest BCUT2D eigenvalue weighted by molar-refractivity contribution is -0.159. The lowest BCUT2D eigenvalue weighted by Crippen LogP contribution is -2.25. The van der Waals surface area contributed by atoms with Gasteiger partial charge in [-0.3, -0.25) is 0 Å². The molecule has 8 heteroatoms. The number of nitrogens with zero attached hydrogens (tertiary/aromatic N) is 3. The lowest BCUT2D eigenvalue weighted by atomic mass is 10.1. The molecule has 1 aromatic heterocycles. The maximum Gasteiger partial charge on any atom is 0.414 e. The highest BCUT2D eigenvalue weighted by Gasteiger charge is 2.14. The molecule has 0 aromatic carbocycles. The molecule has 0 saturated carbocycles. The van der Waals surface area contributed by atoms with Crippen molar-refractivity contribution < 1.29 is 24.3 Å². The van der Waals surface area contributed by atoms with Crippen molar-refractivity contribution in [1.82, 2.24) is 15.0 Å². The van der Waals surface area contributed by atoms with Crippen LogP contribution in [0.15, 0.2) is 10.6 Å². The van der Waals surface area contributed by atoms with Crippen LogP contribution in [-0.4, -0.2) is 57.3 Å². The highest BCUT2D eigenvalue weighted by atomic mass is 16.5. The summed E-state index contributed by atoms with van der Waals surface area (Å²) in [4.78, 5) is 24.6. The summed E-state index contributed by atoms with van der Waals surface area (Å²) in [7, 11) is 2.09. The average Bonchev–Trinajstić information content (AvgIpc) is 2.76. The van der Waals surface area contributed by atoms with Crippen LogP contribution in [0.25, 0.3) is 5.57 Å². The van der Waals surface area contributed by atoms with Crippen LogP contribution in [0.2, 0.25) is 0 Å². The van der Waals surface area contributed by atoms with Gasteiger partial charge in [0.25, 0.3) is 5.89 Å². The van der Waals surface area contributed by atoms with E-state index in [0.29, 0.717) is 11.7 Å². The van der Waals surface area contributed by atoms with E-state index in [2.05, 4.69) is 28.2 Å². The number of hydrogen-bond acceptors (Lipinski definition) is 6. The second-order valence-electron chi connectivity index (χ2n) is 4.01. The molecule has 0 bridgehead atoms. The number of carbonyl (C=O) groups is 2. The van der Waals surface area contributed by atoms with Gasteiger partial charge in [-0.25, -0.2) is 9.59 Å². The van der Waals surface area contributed by atoms with E-state index in [0.717, 1.165) is 25.1 Å². The van der Waals surface area contributed by atoms with Crippen molar-refractivity contribution in [2.24, 2.45) is 0 Å². The normalized spacial score (nSPS) is 15.2. The van der Waals surface area contributed by atoms with Gasteiger partial charge in [0.15, 0.2) is 5.82 Å². The summed E-state index contributed by atoms with van der Waals surface area (Å²) in [6.07, 6.45) is 3.24. The minimum absolute atomic E-state index is 0.670. The third kappa shape index (κ3) is 4.88. The molecule has 1 aliphatic heterocycles. The fourth-order valence-electron chi connectivity index (χ4n) is 1.48. The topological polar surface area (TPSA) is 117 Å². The van der Waals surface area contributed by atoms with E-state index in [9.17, 15) is 0 Å². The van der Waals surface area contributed by atoms with Crippen molar-refractivity contribution in [1.29, 1.82) is 0 Å². The Morgan fingerprint density at radius 3 is 2.42 bits per heavy atom. The Kier molecular flexibility index (Phi) is 5.19. The zero-order chi connectivity index (χ0) is 14.4. The van der Waals surface area contributed by atoms with Crippen molar-refractivity contribution in [3.63, 3.8) is 0 Å². The minimum atomic E-state index is -1.82. The first-order valence-electron chi connectivity index (χ1n) is 5.54. The Morgan fingerprint density at radius 2 is 2.00 bits per heavy atom. The van der Waals surface area contributed by atoms with Crippen LogP contribution in [0.4, 0.5) is 0 Å². The number of aryl methyl sites for hydroxylation is 1. The molecule has 0 spiro atoms. The van der Waals surface area contributed by atoms with Crippen molar-refractivity contribution in [3.8, 4) is 0 Å². The monoisotopic (exact) mass is 269 g/mol. The van der Waals surface area contributed by atoms with E-state index in [1.165, 1.54) is 0 Å². The van der Waals surface area contributed by atoms with Crippen LogP contribution in [0, 0.1) is 6.92 Å². The lowest BCUT2D eigenvalue weighted by Gasteiger charge is -2.20. The highest BCUT2D eigenvalue weighted by molar-refractivity contribution is 6.27. The number of rotatable bonds is 1. The maximum absolute atomic E-state index is 9.10. The molecule has 2 heterocycles. The van der Waals surface area contributed by atoms with Crippen LogP contribution in [0.3, 0.4) is 0 Å². The second kappa shape index (κ2) is 6.64. The van der Waals surface area contributed by atoms with Crippen molar-refractivity contribution in [2.75, 3.05) is 20.1 Å². The highest BCUT2D eigenvalue weighted by Crippen LogP contribution is 2.17. The number of hydrogen-bond donors (Lipinski definition) is 2. The molecule has 0 atom stereocenters. The van der Waals surface area contributed by atoms with Gasteiger partial charge in [0.05, 0.1) is 0 Å². The number of likely N-dealkylation sites (N-methyl/N-ethyl adjacent to an activating group) is 1. The Balaban J connectivity index is 0.000000258. The smallest absolute Gasteiger partial charge is 0.414 e. The van der Waals surface area contributed by atoms with Gasteiger partial charge in [0.1, 0.15) is 0 Å². The molecule has 2 rings (SSSR count). The first-order chi connectivity index (χ1) is 8.90. The molecule has 104 valence electrons. The van der Waals surface area contributed by atoms with Gasteiger partial charge in [-0.1, -0.05) is 11.2 Å². The molecule has 1 aliphatic rings. The second-order valence-corrected chi connectivity index (χ2v) is 4.01. The molecule has 8 nitrogen and oxygen atoms in total. The minimum Gasteiger partial charge on any atom is -0.473 e. The van der Waals surface area contributed by atoms with Gasteiger partial charge < -0.3 is 19.6 Å². The molecule has 19 heavy (non-hydrogen) atoms. The first kappa shape index (κ1) is 14.8. The molecule has 0 amide bonds. The van der Waals surface area contributed by atoms with Gasteiger partial charge in [-0.05, 0) is 20.4 Å². The van der Waals surface area contributed by atoms with Crippen LogP contribution in [-0.2, 0) is 9.59 Å². The molecule has 0 saturated heterocycles. The zero-order valence-electron chi connectivity index (χ0n) is 10.7. The predicted octanol–water partition coefficient (Wildman–Crippen LogP) is 0.253. The molecule has 0 aliphatic carbocycles. The Morgan fingerprint density at radius 1 is 1.37 bits per heavy atom. The summed E-state index contributed by atoms with van der Waals surface area (Å²) < 4.78 is 5.10. The molecule has 1 aromatic rings. The number of aliphatic carboxylic acids is 2. The fraction of sp³-hybridized carbons (Fsp3) is 0.455. The standard InChI is InChI=1S/C9H13N3O.C2H2O4/c1-7-10-9(13-11-7)8-4-3-5-12(2)6-8;3-1(4)2(5)6/h4H,3,5-6H2,1-2H3;(H,3,4)(H,5,6). The fourth-order valence-corrected chi connectivity index (χ4v) is 1.48. The van der Waals surface area contributed by atoms with Crippen LogP contribution in [0.5, 0.6) is 0 Å². The van der Waals surface area contributed by atoms with E-state index in [1.54, 1.807) is 0 Å². The number of carboxylic acids is 2. The molecule has 0 radical (unpaired) electrons. The number of carboxylic acid groups (broad SMARTS) is 2. The van der Waals surface area contributed by atoms with Gasteiger partial charge >= 0.3 is 11.9 Å². The van der Waals surface area contributed by atoms with Crippen molar-refractivity contribution in [2.45, 2.75) is 13.3 Å². The predicted molar refractivity (Wildman–Crippen MR) is 64.4 cm³/mol. The van der Waals surface area contributed by atoms with E-state index in [4.69, 9.17) is 24.3 Å². The van der Waals surface area contributed by atoms with Crippen molar-refractivity contribution in [3.05, 3.63) is 17.8 Å². The summed E-state index contributed by atoms with van der Waals surface area (Å²) in [5, 5.41) is 18.6. The van der Waals surface area contributed by atoms with Gasteiger partial charge in [0.2, 0.25) is 0 Å². The van der Waals surface area contributed by atoms with E-state index in [1.807, 2.05) is 6.92 Å². The maximum atomic E-state index is 9.10. The van der Waals surface area contributed by atoms with Crippen LogP contribution >= 0.6 is 0 Å². The molecule has 2 N–H and O–H groups in total. The van der Waals surface area contributed by atoms with Crippen molar-refractivity contribution >= 4 is 17.5 Å². The summed E-state index contributed by atoms with van der Waals surface area (Å²) >= 11 is 0. The van der Waals surface area contributed by atoms with E-state index < -0.39 is 11.9 Å². The van der Waals surface area contributed by atoms with Gasteiger partial charge in [0, 0.05) is 18.7 Å². The molecule has 0 fully saturated rings. The summed E-state index contributed by atoms with van der Waals surface area (Å²) in [5.41, 5.74) is 1.15. The summed E-state index contributed by atoms with van der Waals surface area (Å²) in [6, 6.07) is 0. The third-order valence-corrected chi connectivity index (χ3v) is 2.33. The summed E-state index contributed by atoms with van der Waals surface area (Å²) in [5.74, 6) is -2.28. The Hall–Kier alpha value is -2.22. The zero-order valence-corrected chi connectivity index (χ0v) is 10.7. The quantitative estimate of drug-likeness (QED) is 0.697.